The number of benzene rings is 1. The topological polar surface area (TPSA) is 151 Å². The van der Waals surface area contributed by atoms with Gasteiger partial charge >= 0.3 is 17.9 Å². The highest BCUT2D eigenvalue weighted by Crippen LogP contribution is 2.54. The summed E-state index contributed by atoms with van der Waals surface area (Å²) in [6, 6.07) is 9.99. The first-order chi connectivity index (χ1) is 15.0. The van der Waals surface area contributed by atoms with Crippen LogP contribution in [0.15, 0.2) is 42.0 Å². The van der Waals surface area contributed by atoms with E-state index in [1.54, 1.807) is 0 Å². The van der Waals surface area contributed by atoms with E-state index in [-0.39, 0.29) is 25.2 Å². The first-order valence-electron chi connectivity index (χ1n) is 10.5. The van der Waals surface area contributed by atoms with Crippen LogP contribution in [0.4, 0.5) is 0 Å². The number of carboxylic acid groups (broad SMARTS) is 3. The van der Waals surface area contributed by atoms with Crippen LogP contribution >= 0.6 is 0 Å². The van der Waals surface area contributed by atoms with Crippen molar-refractivity contribution in [3.05, 3.63) is 47.5 Å². The Morgan fingerprint density at radius 1 is 1.12 bits per heavy atom. The van der Waals surface area contributed by atoms with Gasteiger partial charge in [0.15, 0.2) is 5.79 Å². The summed E-state index contributed by atoms with van der Waals surface area (Å²) in [4.78, 5) is 35.5. The van der Waals surface area contributed by atoms with Gasteiger partial charge in [-0.25, -0.2) is 14.4 Å². The van der Waals surface area contributed by atoms with Crippen LogP contribution in [0.25, 0.3) is 0 Å². The van der Waals surface area contributed by atoms with Gasteiger partial charge < -0.3 is 29.9 Å². The molecule has 0 aromatic heterocycles. The number of carboxylic acids is 3. The SMILES string of the molecule is C/C(=C\C(C)Cc1ccccc1)CC[C@]12CC[C@](C(=O)O)(O1)[C@](O)(C(=O)O)[C@@H](C(=O)O)O2. The van der Waals surface area contributed by atoms with E-state index in [1.807, 2.05) is 37.3 Å². The maximum absolute atomic E-state index is 12.0. The van der Waals surface area contributed by atoms with Gasteiger partial charge in [-0.15, -0.1) is 0 Å². The Morgan fingerprint density at radius 3 is 2.34 bits per heavy atom. The second-order valence-corrected chi connectivity index (χ2v) is 8.73. The third-order valence-corrected chi connectivity index (χ3v) is 6.31. The zero-order chi connectivity index (χ0) is 23.7. The average molecular weight is 448 g/mol. The zero-order valence-corrected chi connectivity index (χ0v) is 18.0. The van der Waals surface area contributed by atoms with Crippen molar-refractivity contribution in [2.45, 2.75) is 69.0 Å². The van der Waals surface area contributed by atoms with Gasteiger partial charge in [0.1, 0.15) is 0 Å². The van der Waals surface area contributed by atoms with Crippen molar-refractivity contribution in [3.63, 3.8) is 0 Å². The first kappa shape index (κ1) is 23.9. The molecule has 2 saturated heterocycles. The standard InChI is InChI=1S/C23H28O9/c1-14(12-15(2)13-16-6-4-3-5-7-16)8-9-21-10-11-22(32-21,19(26)27)23(30,20(28)29)17(31-21)18(24)25/h3-7,12,15,17,30H,8-11,13H2,1-2H3,(H,24,25)(H,26,27)(H,28,29)/b14-12+/t15?,17-,21-,22-,23-/m1/s1. The molecule has 1 aromatic rings. The lowest BCUT2D eigenvalue weighted by Gasteiger charge is -2.48. The molecular weight excluding hydrogens is 420 g/mol. The Hall–Kier alpha value is -2.75. The number of carbonyl (C=O) groups is 3. The number of fused-ring (bicyclic) bond motifs is 2. The molecule has 0 amide bonds. The largest absolute Gasteiger partial charge is 0.479 e. The van der Waals surface area contributed by atoms with Crippen molar-refractivity contribution in [1.29, 1.82) is 0 Å². The van der Waals surface area contributed by atoms with E-state index in [0.717, 1.165) is 12.0 Å². The van der Waals surface area contributed by atoms with E-state index >= 15 is 0 Å². The summed E-state index contributed by atoms with van der Waals surface area (Å²) in [5, 5.41) is 39.5. The summed E-state index contributed by atoms with van der Waals surface area (Å²) < 4.78 is 11.1. The lowest BCUT2D eigenvalue weighted by atomic mass is 9.76. The average Bonchev–Trinajstić information content (AvgIpc) is 3.07. The fourth-order valence-corrected chi connectivity index (χ4v) is 4.71. The van der Waals surface area contributed by atoms with Crippen molar-refractivity contribution in [2.75, 3.05) is 0 Å². The zero-order valence-electron chi connectivity index (χ0n) is 18.0. The van der Waals surface area contributed by atoms with Crippen LogP contribution < -0.4 is 0 Å². The molecule has 0 radical (unpaired) electrons. The number of ether oxygens (including phenoxy) is 2. The molecule has 3 rings (SSSR count). The molecule has 9 heteroatoms. The minimum atomic E-state index is -3.26. The lowest BCUT2D eigenvalue weighted by molar-refractivity contribution is -0.362. The van der Waals surface area contributed by atoms with E-state index in [1.165, 1.54) is 5.56 Å². The highest BCUT2D eigenvalue weighted by atomic mass is 16.8. The smallest absolute Gasteiger partial charge is 0.342 e. The van der Waals surface area contributed by atoms with Gasteiger partial charge in [-0.3, -0.25) is 0 Å². The van der Waals surface area contributed by atoms with Crippen molar-refractivity contribution < 1.29 is 44.3 Å². The second kappa shape index (κ2) is 8.65. The Bertz CT molecular complexity index is 927. The first-order valence-corrected chi connectivity index (χ1v) is 10.5. The van der Waals surface area contributed by atoms with Crippen LogP contribution in [-0.2, 0) is 30.3 Å². The quantitative estimate of drug-likeness (QED) is 0.417. The molecule has 5 atom stereocenters. The Labute approximate surface area is 185 Å². The highest BCUT2D eigenvalue weighted by Gasteiger charge is 2.78. The van der Waals surface area contributed by atoms with Crippen molar-refractivity contribution in [1.82, 2.24) is 0 Å². The molecule has 174 valence electrons. The fourth-order valence-electron chi connectivity index (χ4n) is 4.71. The Kier molecular flexibility index (Phi) is 6.46. The number of rotatable bonds is 9. The lowest BCUT2D eigenvalue weighted by Crippen LogP contribution is -2.75. The van der Waals surface area contributed by atoms with Crippen molar-refractivity contribution in [3.8, 4) is 0 Å². The molecule has 2 aliphatic heterocycles. The summed E-state index contributed by atoms with van der Waals surface area (Å²) in [6.45, 7) is 3.98. The summed E-state index contributed by atoms with van der Waals surface area (Å²) in [7, 11) is 0. The van der Waals surface area contributed by atoms with Crippen molar-refractivity contribution >= 4 is 17.9 Å². The molecule has 4 N–H and O–H groups in total. The maximum Gasteiger partial charge on any atom is 0.342 e. The molecule has 0 spiro atoms. The van der Waals surface area contributed by atoms with Crippen LogP contribution in [0.1, 0.15) is 45.1 Å². The Balaban J connectivity index is 1.78. The van der Waals surface area contributed by atoms with Crippen LogP contribution in [0, 0.1) is 5.92 Å². The van der Waals surface area contributed by atoms with Crippen molar-refractivity contribution in [2.24, 2.45) is 5.92 Å². The maximum atomic E-state index is 12.0. The number of aliphatic carboxylic acids is 3. The van der Waals surface area contributed by atoms with Gasteiger partial charge in [-0.2, -0.15) is 0 Å². The summed E-state index contributed by atoms with van der Waals surface area (Å²) >= 11 is 0. The van der Waals surface area contributed by atoms with E-state index in [9.17, 15) is 34.8 Å². The molecule has 2 heterocycles. The van der Waals surface area contributed by atoms with Gasteiger partial charge in [0.25, 0.3) is 0 Å². The van der Waals surface area contributed by atoms with E-state index in [2.05, 4.69) is 13.0 Å². The molecule has 2 aliphatic rings. The molecule has 2 bridgehead atoms. The molecule has 0 saturated carbocycles. The third kappa shape index (κ3) is 4.03. The Morgan fingerprint density at radius 2 is 1.78 bits per heavy atom. The number of hydrogen-bond acceptors (Lipinski definition) is 6. The van der Waals surface area contributed by atoms with E-state index in [4.69, 9.17) is 9.47 Å². The van der Waals surface area contributed by atoms with Gasteiger partial charge in [0.05, 0.1) is 0 Å². The molecule has 1 unspecified atom stereocenters. The minimum Gasteiger partial charge on any atom is -0.479 e. The van der Waals surface area contributed by atoms with Gasteiger partial charge in [0, 0.05) is 12.8 Å². The predicted molar refractivity (Wildman–Crippen MR) is 111 cm³/mol. The summed E-state index contributed by atoms with van der Waals surface area (Å²) in [6.07, 6.45) is 0.746. The van der Waals surface area contributed by atoms with E-state index in [0.29, 0.717) is 6.42 Å². The number of hydrogen-bond donors (Lipinski definition) is 4. The number of allylic oxidation sites excluding steroid dienone is 2. The number of aliphatic hydroxyl groups is 1. The van der Waals surface area contributed by atoms with E-state index < -0.39 is 41.0 Å². The fraction of sp³-hybridized carbons (Fsp3) is 0.522. The van der Waals surface area contributed by atoms with Crippen LogP contribution in [-0.4, -0.2) is 61.4 Å². The normalized spacial score (nSPS) is 33.0. The molecule has 0 aliphatic carbocycles. The van der Waals surface area contributed by atoms with Crippen LogP contribution in [0.5, 0.6) is 0 Å². The van der Waals surface area contributed by atoms with Crippen LogP contribution in [0.3, 0.4) is 0 Å². The molecule has 1 aromatic carbocycles. The van der Waals surface area contributed by atoms with Gasteiger partial charge in [0.2, 0.25) is 17.3 Å². The molecule has 32 heavy (non-hydrogen) atoms. The second-order valence-electron chi connectivity index (χ2n) is 8.73. The highest BCUT2D eigenvalue weighted by molar-refractivity contribution is 5.96. The summed E-state index contributed by atoms with van der Waals surface area (Å²) in [5.74, 6) is -6.90. The van der Waals surface area contributed by atoms with Crippen LogP contribution in [0.2, 0.25) is 0 Å². The molecule has 2 fully saturated rings. The van der Waals surface area contributed by atoms with Gasteiger partial charge in [-0.1, -0.05) is 48.9 Å². The minimum absolute atomic E-state index is 0.0501. The molecule has 9 nitrogen and oxygen atoms in total. The monoisotopic (exact) mass is 448 g/mol. The predicted octanol–water partition coefficient (Wildman–Crippen LogP) is 2.22. The third-order valence-electron chi connectivity index (χ3n) is 6.31. The van der Waals surface area contributed by atoms with Gasteiger partial charge in [-0.05, 0) is 37.7 Å². The summed E-state index contributed by atoms with van der Waals surface area (Å²) in [5.41, 5.74) is -3.70. The molecular formula is C23H28O9.